The predicted molar refractivity (Wildman–Crippen MR) is 63.8 cm³/mol. The van der Waals surface area contributed by atoms with E-state index >= 15 is 0 Å². The summed E-state index contributed by atoms with van der Waals surface area (Å²) in [7, 11) is -3.99. The topological polar surface area (TPSA) is 85.3 Å². The first-order valence-electron chi connectivity index (χ1n) is 5.19. The van der Waals surface area contributed by atoms with Gasteiger partial charge in [-0.15, -0.1) is 0 Å². The molecule has 1 aromatic carbocycles. The normalized spacial score (nSPS) is 11.5. The Balaban J connectivity index is 2.28. The average Bonchev–Trinajstić information content (AvgIpc) is 2.83. The molecule has 1 aromatic heterocycles. The second-order valence-electron chi connectivity index (χ2n) is 3.66. The number of nitrogens with one attached hydrogen (secondary N) is 1. The van der Waals surface area contributed by atoms with E-state index in [0.717, 1.165) is 18.2 Å². The molecule has 0 saturated carbocycles. The summed E-state index contributed by atoms with van der Waals surface area (Å²) in [5, 5.41) is -0.349. The van der Waals surface area contributed by atoms with Crippen LogP contribution in [0.3, 0.4) is 0 Å². The number of hydrogen-bond acceptors (Lipinski definition) is 4. The fraction of sp³-hybridized carbons (Fsp3) is 0.0909. The first-order chi connectivity index (χ1) is 8.92. The van der Waals surface area contributed by atoms with Gasteiger partial charge < -0.3 is 10.2 Å². The maximum Gasteiger partial charge on any atom is 0.295 e. The maximum absolute atomic E-state index is 13.0. The van der Waals surface area contributed by atoms with E-state index in [4.69, 9.17) is 10.2 Å². The average molecular weight is 288 g/mol. The number of furan rings is 1. The standard InChI is InChI=1S/C11H10F2N2O3S/c12-9-3-1-7(5-10(9)13)15-19(16,17)11-4-2-8(6-14)18-11/h1-5,15H,6,14H2. The van der Waals surface area contributed by atoms with Gasteiger partial charge in [0.1, 0.15) is 5.76 Å². The predicted octanol–water partition coefficient (Wildman–Crippen LogP) is 1.82. The van der Waals surface area contributed by atoms with Crippen LogP contribution in [0, 0.1) is 11.6 Å². The highest BCUT2D eigenvalue weighted by atomic mass is 32.2. The Bertz CT molecular complexity index is 698. The van der Waals surface area contributed by atoms with E-state index in [0.29, 0.717) is 5.76 Å². The first-order valence-corrected chi connectivity index (χ1v) is 6.67. The van der Waals surface area contributed by atoms with Crippen LogP contribution in [-0.2, 0) is 16.6 Å². The Morgan fingerprint density at radius 1 is 1.16 bits per heavy atom. The fourth-order valence-electron chi connectivity index (χ4n) is 1.38. The number of hydrogen-bond donors (Lipinski definition) is 2. The van der Waals surface area contributed by atoms with Crippen molar-refractivity contribution in [3.8, 4) is 0 Å². The number of halogens is 2. The molecule has 0 fully saturated rings. The number of sulfonamides is 1. The van der Waals surface area contributed by atoms with Crippen LogP contribution in [0.4, 0.5) is 14.5 Å². The smallest absolute Gasteiger partial charge is 0.295 e. The lowest BCUT2D eigenvalue weighted by molar-refractivity contribution is 0.417. The third-order valence-corrected chi connectivity index (χ3v) is 3.53. The van der Waals surface area contributed by atoms with E-state index in [1.165, 1.54) is 12.1 Å². The molecule has 3 N–H and O–H groups in total. The van der Waals surface area contributed by atoms with Crippen molar-refractivity contribution >= 4 is 15.7 Å². The van der Waals surface area contributed by atoms with Crippen LogP contribution in [0.5, 0.6) is 0 Å². The number of nitrogens with two attached hydrogens (primary N) is 1. The van der Waals surface area contributed by atoms with Crippen molar-refractivity contribution in [3.05, 3.63) is 47.7 Å². The fourth-order valence-corrected chi connectivity index (χ4v) is 2.38. The zero-order chi connectivity index (χ0) is 14.0. The molecule has 0 bridgehead atoms. The van der Waals surface area contributed by atoms with E-state index in [1.807, 2.05) is 0 Å². The number of anilines is 1. The SMILES string of the molecule is NCc1ccc(S(=O)(=O)Nc2ccc(F)c(F)c2)o1. The molecule has 5 nitrogen and oxygen atoms in total. The minimum absolute atomic E-state index is 0.0562. The first kappa shape index (κ1) is 13.5. The largest absolute Gasteiger partial charge is 0.446 e. The monoisotopic (exact) mass is 288 g/mol. The maximum atomic E-state index is 13.0. The molecule has 19 heavy (non-hydrogen) atoms. The molecule has 0 spiro atoms. The Labute approximate surface area is 108 Å². The molecule has 8 heteroatoms. The van der Waals surface area contributed by atoms with Crippen molar-refractivity contribution in [3.63, 3.8) is 0 Å². The quantitative estimate of drug-likeness (QED) is 0.898. The molecule has 102 valence electrons. The summed E-state index contributed by atoms with van der Waals surface area (Å²) in [6.45, 7) is 0.0562. The van der Waals surface area contributed by atoms with Crippen LogP contribution in [0.25, 0.3) is 0 Å². The van der Waals surface area contributed by atoms with Crippen molar-refractivity contribution in [2.24, 2.45) is 5.73 Å². The molecule has 0 aliphatic rings. The molecule has 0 aliphatic heterocycles. The minimum Gasteiger partial charge on any atom is -0.446 e. The van der Waals surface area contributed by atoms with Gasteiger partial charge in [0, 0.05) is 6.07 Å². The Kier molecular flexibility index (Phi) is 3.54. The van der Waals surface area contributed by atoms with Crippen molar-refractivity contribution < 1.29 is 21.6 Å². The van der Waals surface area contributed by atoms with Crippen LogP contribution >= 0.6 is 0 Å². The van der Waals surface area contributed by atoms with Gasteiger partial charge in [0.2, 0.25) is 5.09 Å². The van der Waals surface area contributed by atoms with E-state index < -0.39 is 21.7 Å². The lowest BCUT2D eigenvalue weighted by Crippen LogP contribution is -2.12. The molecule has 2 aromatic rings. The summed E-state index contributed by atoms with van der Waals surface area (Å²) in [4.78, 5) is 0. The van der Waals surface area contributed by atoms with Crippen LogP contribution < -0.4 is 10.5 Å². The van der Waals surface area contributed by atoms with E-state index in [2.05, 4.69) is 4.72 Å². The van der Waals surface area contributed by atoms with Crippen molar-refractivity contribution in [1.29, 1.82) is 0 Å². The Morgan fingerprint density at radius 3 is 2.47 bits per heavy atom. The summed E-state index contributed by atoms with van der Waals surface area (Å²) in [5.41, 5.74) is 5.19. The van der Waals surface area contributed by atoms with Gasteiger partial charge in [-0.25, -0.2) is 8.78 Å². The highest BCUT2D eigenvalue weighted by molar-refractivity contribution is 7.92. The summed E-state index contributed by atoms with van der Waals surface area (Å²) >= 11 is 0. The molecule has 2 rings (SSSR count). The number of rotatable bonds is 4. The Morgan fingerprint density at radius 2 is 1.89 bits per heavy atom. The van der Waals surface area contributed by atoms with Gasteiger partial charge in [0.15, 0.2) is 11.6 Å². The van der Waals surface area contributed by atoms with Crippen LogP contribution in [0.1, 0.15) is 5.76 Å². The van der Waals surface area contributed by atoms with Crippen molar-refractivity contribution in [1.82, 2.24) is 0 Å². The van der Waals surface area contributed by atoms with Gasteiger partial charge in [-0.1, -0.05) is 0 Å². The minimum atomic E-state index is -3.99. The van der Waals surface area contributed by atoms with Gasteiger partial charge in [-0.05, 0) is 24.3 Å². The van der Waals surface area contributed by atoms with Crippen molar-refractivity contribution in [2.45, 2.75) is 11.6 Å². The van der Waals surface area contributed by atoms with E-state index in [-0.39, 0.29) is 17.3 Å². The van der Waals surface area contributed by atoms with Gasteiger partial charge >= 0.3 is 0 Å². The molecule has 1 heterocycles. The van der Waals surface area contributed by atoms with Crippen LogP contribution in [-0.4, -0.2) is 8.42 Å². The molecule has 0 atom stereocenters. The van der Waals surface area contributed by atoms with Gasteiger partial charge in [0.05, 0.1) is 12.2 Å². The van der Waals surface area contributed by atoms with Crippen LogP contribution in [0.2, 0.25) is 0 Å². The molecule has 0 aliphatic carbocycles. The van der Waals surface area contributed by atoms with Gasteiger partial charge in [-0.3, -0.25) is 4.72 Å². The zero-order valence-electron chi connectivity index (χ0n) is 9.56. The Hall–Kier alpha value is -1.93. The molecular formula is C11H10F2N2O3S. The van der Waals surface area contributed by atoms with Gasteiger partial charge in [0.25, 0.3) is 10.0 Å². The highest BCUT2D eigenvalue weighted by Crippen LogP contribution is 2.19. The summed E-state index contributed by atoms with van der Waals surface area (Å²) < 4.78 is 56.5. The third kappa shape index (κ3) is 2.91. The summed E-state index contributed by atoms with van der Waals surface area (Å²) in [5.74, 6) is -1.92. The third-order valence-electron chi connectivity index (χ3n) is 2.27. The lowest BCUT2D eigenvalue weighted by Gasteiger charge is -2.05. The van der Waals surface area contributed by atoms with Crippen LogP contribution in [0.15, 0.2) is 39.8 Å². The second kappa shape index (κ2) is 4.98. The molecule has 0 unspecified atom stereocenters. The molecule has 0 radical (unpaired) electrons. The molecule has 0 saturated heterocycles. The highest BCUT2D eigenvalue weighted by Gasteiger charge is 2.19. The second-order valence-corrected chi connectivity index (χ2v) is 5.27. The van der Waals surface area contributed by atoms with E-state index in [9.17, 15) is 17.2 Å². The molecule has 0 amide bonds. The zero-order valence-corrected chi connectivity index (χ0v) is 10.4. The van der Waals surface area contributed by atoms with Crippen molar-refractivity contribution in [2.75, 3.05) is 4.72 Å². The summed E-state index contributed by atoms with van der Waals surface area (Å²) in [6, 6.07) is 5.30. The lowest BCUT2D eigenvalue weighted by atomic mass is 10.3. The molecular weight excluding hydrogens is 278 g/mol. The number of benzene rings is 1. The summed E-state index contributed by atoms with van der Waals surface area (Å²) in [6.07, 6.45) is 0. The van der Waals surface area contributed by atoms with E-state index in [1.54, 1.807) is 0 Å². The van der Waals surface area contributed by atoms with Gasteiger partial charge in [-0.2, -0.15) is 8.42 Å².